The summed E-state index contributed by atoms with van der Waals surface area (Å²) < 4.78 is 0.856. The highest BCUT2D eigenvalue weighted by Crippen LogP contribution is 2.30. The minimum atomic E-state index is -1.18. The fourth-order valence-corrected chi connectivity index (χ4v) is 1.84. The minimum absolute atomic E-state index is 0.283. The van der Waals surface area contributed by atoms with E-state index in [0.717, 1.165) is 15.6 Å². The molecule has 3 heteroatoms. The third-order valence-corrected chi connectivity index (χ3v) is 3.13. The maximum absolute atomic E-state index is 9.82. The summed E-state index contributed by atoms with van der Waals surface area (Å²) in [4.78, 5) is 0. The lowest BCUT2D eigenvalue weighted by Gasteiger charge is -2.22. The van der Waals surface area contributed by atoms with Gasteiger partial charge in [0.1, 0.15) is 5.60 Å². The van der Waals surface area contributed by atoms with Gasteiger partial charge in [-0.2, -0.15) is 0 Å². The standard InChI is InChI=1S/C10H13BrO2/c1-7-4-3-5-8(9(7)11)10(2,13)6-12/h3-5,12-13H,6H2,1-2H3/t10-/m1/s1. The van der Waals surface area contributed by atoms with Crippen LogP contribution < -0.4 is 0 Å². The molecule has 2 N–H and O–H groups in total. The van der Waals surface area contributed by atoms with E-state index in [9.17, 15) is 5.11 Å². The molecule has 0 amide bonds. The Balaban J connectivity index is 3.22. The number of aryl methyl sites for hydroxylation is 1. The van der Waals surface area contributed by atoms with Crippen molar-refractivity contribution in [3.8, 4) is 0 Å². The molecule has 0 aliphatic heterocycles. The molecule has 0 aliphatic rings. The van der Waals surface area contributed by atoms with Crippen molar-refractivity contribution in [3.63, 3.8) is 0 Å². The first-order valence-corrected chi connectivity index (χ1v) is 4.87. The summed E-state index contributed by atoms with van der Waals surface area (Å²) in [5.74, 6) is 0. The highest BCUT2D eigenvalue weighted by atomic mass is 79.9. The van der Waals surface area contributed by atoms with E-state index < -0.39 is 5.60 Å². The number of rotatable bonds is 2. The third kappa shape index (κ3) is 2.10. The Bertz CT molecular complexity index is 308. The first-order valence-electron chi connectivity index (χ1n) is 4.08. The molecule has 2 nitrogen and oxygen atoms in total. The molecule has 0 heterocycles. The predicted octanol–water partition coefficient (Wildman–Crippen LogP) is 1.96. The third-order valence-electron chi connectivity index (χ3n) is 2.08. The molecule has 0 fully saturated rings. The molecule has 0 unspecified atom stereocenters. The summed E-state index contributed by atoms with van der Waals surface area (Å²) in [5.41, 5.74) is 0.589. The topological polar surface area (TPSA) is 40.5 Å². The number of hydrogen-bond acceptors (Lipinski definition) is 2. The highest BCUT2D eigenvalue weighted by Gasteiger charge is 2.24. The van der Waals surface area contributed by atoms with Crippen LogP contribution in [0.4, 0.5) is 0 Å². The van der Waals surface area contributed by atoms with Gasteiger partial charge in [0.2, 0.25) is 0 Å². The molecule has 0 aromatic heterocycles. The van der Waals surface area contributed by atoms with Crippen LogP contribution in [0, 0.1) is 6.92 Å². The van der Waals surface area contributed by atoms with Crippen LogP contribution in [0.1, 0.15) is 18.1 Å². The number of benzene rings is 1. The van der Waals surface area contributed by atoms with Gasteiger partial charge in [0.25, 0.3) is 0 Å². The highest BCUT2D eigenvalue weighted by molar-refractivity contribution is 9.10. The first-order chi connectivity index (χ1) is 5.99. The lowest BCUT2D eigenvalue weighted by Crippen LogP contribution is -2.26. The van der Waals surface area contributed by atoms with E-state index in [1.807, 2.05) is 19.1 Å². The molecule has 13 heavy (non-hydrogen) atoms. The van der Waals surface area contributed by atoms with Crippen LogP contribution in [0.25, 0.3) is 0 Å². The Kier molecular flexibility index (Phi) is 3.11. The van der Waals surface area contributed by atoms with Crippen molar-refractivity contribution in [1.82, 2.24) is 0 Å². The molecule has 0 spiro atoms. The number of aliphatic hydroxyl groups excluding tert-OH is 1. The fourth-order valence-electron chi connectivity index (χ4n) is 1.15. The summed E-state index contributed by atoms with van der Waals surface area (Å²) >= 11 is 3.39. The zero-order valence-corrected chi connectivity index (χ0v) is 9.30. The summed E-state index contributed by atoms with van der Waals surface area (Å²) in [6.07, 6.45) is 0. The zero-order valence-electron chi connectivity index (χ0n) is 7.71. The van der Waals surface area contributed by atoms with Gasteiger partial charge < -0.3 is 10.2 Å². The van der Waals surface area contributed by atoms with Gasteiger partial charge in [-0.05, 0) is 25.0 Å². The molecule has 1 rings (SSSR count). The van der Waals surface area contributed by atoms with E-state index in [0.29, 0.717) is 0 Å². The Hall–Kier alpha value is -0.380. The quantitative estimate of drug-likeness (QED) is 0.836. The zero-order chi connectivity index (χ0) is 10.1. The second-order valence-corrected chi connectivity index (χ2v) is 4.16. The van der Waals surface area contributed by atoms with Crippen LogP contribution in [-0.2, 0) is 5.60 Å². The van der Waals surface area contributed by atoms with Crippen LogP contribution >= 0.6 is 15.9 Å². The average Bonchev–Trinajstić information content (AvgIpc) is 2.09. The summed E-state index contributed by atoms with van der Waals surface area (Å²) in [5, 5.41) is 18.8. The molecule has 1 aromatic rings. The van der Waals surface area contributed by atoms with Crippen molar-refractivity contribution >= 4 is 15.9 Å². The van der Waals surface area contributed by atoms with Crippen LogP contribution in [0.5, 0.6) is 0 Å². The lowest BCUT2D eigenvalue weighted by atomic mass is 9.96. The van der Waals surface area contributed by atoms with E-state index >= 15 is 0 Å². The van der Waals surface area contributed by atoms with Gasteiger partial charge in [-0.15, -0.1) is 0 Å². The Morgan fingerprint density at radius 1 is 1.46 bits per heavy atom. The van der Waals surface area contributed by atoms with Gasteiger partial charge in [0.15, 0.2) is 0 Å². The van der Waals surface area contributed by atoms with Gasteiger partial charge >= 0.3 is 0 Å². The Morgan fingerprint density at radius 2 is 2.08 bits per heavy atom. The van der Waals surface area contributed by atoms with Gasteiger partial charge in [0, 0.05) is 4.47 Å². The SMILES string of the molecule is Cc1cccc([C@](C)(O)CO)c1Br. The van der Waals surface area contributed by atoms with Crippen molar-refractivity contribution in [2.75, 3.05) is 6.61 Å². The van der Waals surface area contributed by atoms with E-state index in [1.165, 1.54) is 0 Å². The molecular formula is C10H13BrO2. The monoisotopic (exact) mass is 244 g/mol. The van der Waals surface area contributed by atoms with Gasteiger partial charge in [-0.1, -0.05) is 34.1 Å². The number of halogens is 1. The largest absolute Gasteiger partial charge is 0.393 e. The average molecular weight is 245 g/mol. The number of aliphatic hydroxyl groups is 2. The smallest absolute Gasteiger partial charge is 0.111 e. The maximum atomic E-state index is 9.82. The fraction of sp³-hybridized carbons (Fsp3) is 0.400. The molecule has 0 radical (unpaired) electrons. The lowest BCUT2D eigenvalue weighted by molar-refractivity contribution is -0.00291. The second-order valence-electron chi connectivity index (χ2n) is 3.37. The van der Waals surface area contributed by atoms with Crippen molar-refractivity contribution in [2.45, 2.75) is 19.4 Å². The van der Waals surface area contributed by atoms with E-state index in [1.54, 1.807) is 13.0 Å². The predicted molar refractivity (Wildman–Crippen MR) is 55.5 cm³/mol. The minimum Gasteiger partial charge on any atom is -0.393 e. The van der Waals surface area contributed by atoms with E-state index in [2.05, 4.69) is 15.9 Å². The summed E-state index contributed by atoms with van der Waals surface area (Å²) in [7, 11) is 0. The first kappa shape index (κ1) is 10.7. The van der Waals surface area contributed by atoms with Crippen molar-refractivity contribution in [1.29, 1.82) is 0 Å². The number of hydrogen-bond donors (Lipinski definition) is 2. The van der Waals surface area contributed by atoms with Gasteiger partial charge in [-0.3, -0.25) is 0 Å². The van der Waals surface area contributed by atoms with Crippen molar-refractivity contribution in [2.24, 2.45) is 0 Å². The second kappa shape index (κ2) is 3.78. The summed E-state index contributed by atoms with van der Waals surface area (Å²) in [6.45, 7) is 3.25. The van der Waals surface area contributed by atoms with Crippen LogP contribution in [0.2, 0.25) is 0 Å². The van der Waals surface area contributed by atoms with E-state index in [4.69, 9.17) is 5.11 Å². The Morgan fingerprint density at radius 3 is 2.62 bits per heavy atom. The normalized spacial score (nSPS) is 15.5. The Labute approximate surface area is 86.3 Å². The molecule has 1 atom stereocenters. The van der Waals surface area contributed by atoms with E-state index in [-0.39, 0.29) is 6.61 Å². The van der Waals surface area contributed by atoms with Crippen LogP contribution in [-0.4, -0.2) is 16.8 Å². The maximum Gasteiger partial charge on any atom is 0.111 e. The van der Waals surface area contributed by atoms with Crippen molar-refractivity contribution < 1.29 is 10.2 Å². The van der Waals surface area contributed by atoms with Gasteiger partial charge in [-0.25, -0.2) is 0 Å². The molecule has 0 aliphatic carbocycles. The molecule has 0 bridgehead atoms. The van der Waals surface area contributed by atoms with Crippen molar-refractivity contribution in [3.05, 3.63) is 33.8 Å². The molecule has 1 aromatic carbocycles. The van der Waals surface area contributed by atoms with Gasteiger partial charge in [0.05, 0.1) is 6.61 Å². The van der Waals surface area contributed by atoms with Crippen LogP contribution in [0.15, 0.2) is 22.7 Å². The summed E-state index contributed by atoms with van der Waals surface area (Å²) in [6, 6.07) is 5.61. The molecule has 0 saturated carbocycles. The molecule has 0 saturated heterocycles. The van der Waals surface area contributed by atoms with Crippen LogP contribution in [0.3, 0.4) is 0 Å². The molecular weight excluding hydrogens is 232 g/mol. The molecule has 72 valence electrons.